The van der Waals surface area contributed by atoms with Crippen LogP contribution >= 0.6 is 0 Å². The second kappa shape index (κ2) is 5.07. The van der Waals surface area contributed by atoms with Crippen LogP contribution in [0.3, 0.4) is 0 Å². The van der Waals surface area contributed by atoms with Crippen LogP contribution < -0.4 is 0 Å². The Morgan fingerprint density at radius 1 is 1.25 bits per heavy atom. The highest BCUT2D eigenvalue weighted by atomic mass is 19.1. The molecule has 0 saturated carbocycles. The van der Waals surface area contributed by atoms with Crippen LogP contribution in [0, 0.1) is 5.82 Å². The molecule has 1 amide bonds. The first-order valence-corrected chi connectivity index (χ1v) is 5.44. The van der Waals surface area contributed by atoms with E-state index in [1.165, 1.54) is 6.07 Å². The number of amides is 1. The Morgan fingerprint density at radius 3 is 2.62 bits per heavy atom. The Bertz CT molecular complexity index is 362. The monoisotopic (exact) mass is 222 g/mol. The molecule has 16 heavy (non-hydrogen) atoms. The third-order valence-corrected chi connectivity index (χ3v) is 2.85. The van der Waals surface area contributed by atoms with Crippen LogP contribution in [0.25, 0.3) is 0 Å². The molecular formula is C12H15FN2O. The second-order valence-electron chi connectivity index (χ2n) is 4.05. The predicted octanol–water partition coefficient (Wildman–Crippen LogP) is 1.10. The molecule has 1 aromatic carbocycles. The van der Waals surface area contributed by atoms with E-state index in [-0.39, 0.29) is 5.82 Å². The number of rotatable bonds is 3. The summed E-state index contributed by atoms with van der Waals surface area (Å²) in [4.78, 5) is 14.5. The number of hydrogen-bond donors (Lipinski definition) is 0. The van der Waals surface area contributed by atoms with Crippen molar-refractivity contribution in [1.82, 2.24) is 9.80 Å². The molecule has 4 heteroatoms. The number of nitrogens with zero attached hydrogens (tertiary/aromatic N) is 2. The summed E-state index contributed by atoms with van der Waals surface area (Å²) in [7, 11) is 0. The van der Waals surface area contributed by atoms with E-state index in [0.717, 1.165) is 44.7 Å². The van der Waals surface area contributed by atoms with E-state index < -0.39 is 0 Å². The van der Waals surface area contributed by atoms with E-state index in [1.54, 1.807) is 17.0 Å². The molecule has 2 rings (SSSR count). The highest BCUT2D eigenvalue weighted by Gasteiger charge is 2.15. The molecule has 1 heterocycles. The van der Waals surface area contributed by atoms with E-state index in [2.05, 4.69) is 4.90 Å². The van der Waals surface area contributed by atoms with Gasteiger partial charge >= 0.3 is 0 Å². The fourth-order valence-electron chi connectivity index (χ4n) is 1.92. The number of halogens is 1. The maximum absolute atomic E-state index is 13.0. The third-order valence-electron chi connectivity index (χ3n) is 2.85. The molecule has 0 aromatic heterocycles. The van der Waals surface area contributed by atoms with E-state index in [0.29, 0.717) is 0 Å². The van der Waals surface area contributed by atoms with Gasteiger partial charge in [-0.05, 0) is 17.7 Å². The van der Waals surface area contributed by atoms with Crippen molar-refractivity contribution >= 4 is 6.41 Å². The summed E-state index contributed by atoms with van der Waals surface area (Å²) >= 11 is 0. The number of carbonyl (C=O) groups is 1. The molecule has 3 nitrogen and oxygen atoms in total. The summed E-state index contributed by atoms with van der Waals surface area (Å²) < 4.78 is 13.0. The molecule has 0 N–H and O–H groups in total. The minimum absolute atomic E-state index is 0.191. The first-order chi connectivity index (χ1) is 7.78. The molecule has 0 aliphatic carbocycles. The zero-order chi connectivity index (χ0) is 11.4. The topological polar surface area (TPSA) is 23.6 Å². The highest BCUT2D eigenvalue weighted by Crippen LogP contribution is 2.09. The van der Waals surface area contributed by atoms with Crippen LogP contribution in [0.4, 0.5) is 4.39 Å². The second-order valence-corrected chi connectivity index (χ2v) is 4.05. The number of piperazine rings is 1. The summed E-state index contributed by atoms with van der Waals surface area (Å²) in [5.74, 6) is -0.191. The Labute approximate surface area is 94.5 Å². The van der Waals surface area contributed by atoms with Crippen molar-refractivity contribution in [1.29, 1.82) is 0 Å². The first kappa shape index (κ1) is 11.1. The lowest BCUT2D eigenvalue weighted by atomic mass is 10.2. The molecular weight excluding hydrogens is 207 g/mol. The highest BCUT2D eigenvalue weighted by molar-refractivity contribution is 5.47. The largest absolute Gasteiger partial charge is 0.343 e. The number of hydrogen-bond acceptors (Lipinski definition) is 2. The molecule has 0 bridgehead atoms. The fourth-order valence-corrected chi connectivity index (χ4v) is 1.92. The van der Waals surface area contributed by atoms with Crippen molar-refractivity contribution in [3.63, 3.8) is 0 Å². The smallest absolute Gasteiger partial charge is 0.209 e. The fraction of sp³-hybridized carbons (Fsp3) is 0.417. The van der Waals surface area contributed by atoms with Gasteiger partial charge in [0.25, 0.3) is 0 Å². The molecule has 1 aromatic rings. The summed E-state index contributed by atoms with van der Waals surface area (Å²) in [5.41, 5.74) is 0.986. The van der Waals surface area contributed by atoms with Gasteiger partial charge in [-0.25, -0.2) is 4.39 Å². The van der Waals surface area contributed by atoms with Crippen LogP contribution in [0.15, 0.2) is 24.3 Å². The van der Waals surface area contributed by atoms with E-state index in [4.69, 9.17) is 0 Å². The number of carbonyl (C=O) groups excluding carboxylic acids is 1. The molecule has 0 radical (unpaired) electrons. The molecule has 1 aliphatic heterocycles. The normalized spacial score (nSPS) is 17.4. The quantitative estimate of drug-likeness (QED) is 0.715. The lowest BCUT2D eigenvalue weighted by Crippen LogP contribution is -2.45. The molecule has 1 fully saturated rings. The van der Waals surface area contributed by atoms with Crippen molar-refractivity contribution in [2.75, 3.05) is 26.2 Å². The molecule has 0 atom stereocenters. The van der Waals surface area contributed by atoms with Crippen molar-refractivity contribution < 1.29 is 9.18 Å². The van der Waals surface area contributed by atoms with E-state index in [1.807, 2.05) is 6.07 Å². The zero-order valence-electron chi connectivity index (χ0n) is 9.10. The Balaban J connectivity index is 1.89. The summed E-state index contributed by atoms with van der Waals surface area (Å²) in [6.45, 7) is 3.99. The van der Waals surface area contributed by atoms with Gasteiger partial charge in [-0.1, -0.05) is 12.1 Å². The van der Waals surface area contributed by atoms with Gasteiger partial charge in [-0.2, -0.15) is 0 Å². The van der Waals surface area contributed by atoms with Crippen LogP contribution in [0.5, 0.6) is 0 Å². The Morgan fingerprint density at radius 2 is 2.00 bits per heavy atom. The zero-order valence-corrected chi connectivity index (χ0v) is 9.10. The summed E-state index contributed by atoms with van der Waals surface area (Å²) in [6.07, 6.45) is 0.888. The van der Waals surface area contributed by atoms with Crippen molar-refractivity contribution in [3.05, 3.63) is 35.6 Å². The van der Waals surface area contributed by atoms with E-state index in [9.17, 15) is 9.18 Å². The standard InChI is InChI=1S/C12H15FN2O/c13-12-3-1-2-11(8-12)9-14-4-6-15(10-16)7-5-14/h1-3,8,10H,4-7,9H2. The lowest BCUT2D eigenvalue weighted by molar-refractivity contribution is -0.119. The molecule has 0 unspecified atom stereocenters. The molecule has 1 aliphatic rings. The van der Waals surface area contributed by atoms with Crippen molar-refractivity contribution in [2.45, 2.75) is 6.54 Å². The molecule has 1 saturated heterocycles. The summed E-state index contributed by atoms with van der Waals surface area (Å²) in [5, 5.41) is 0. The van der Waals surface area contributed by atoms with Crippen LogP contribution in [0.1, 0.15) is 5.56 Å². The number of benzene rings is 1. The van der Waals surface area contributed by atoms with Gasteiger partial charge in [0.1, 0.15) is 5.82 Å². The molecule has 86 valence electrons. The van der Waals surface area contributed by atoms with Gasteiger partial charge in [0, 0.05) is 32.7 Å². The van der Waals surface area contributed by atoms with Gasteiger partial charge in [-0.15, -0.1) is 0 Å². The lowest BCUT2D eigenvalue weighted by Gasteiger charge is -2.32. The third kappa shape index (κ3) is 2.79. The minimum atomic E-state index is -0.191. The van der Waals surface area contributed by atoms with Gasteiger partial charge in [0.05, 0.1) is 0 Å². The maximum atomic E-state index is 13.0. The van der Waals surface area contributed by atoms with Gasteiger partial charge in [-0.3, -0.25) is 9.69 Å². The Kier molecular flexibility index (Phi) is 3.51. The predicted molar refractivity (Wildman–Crippen MR) is 59.3 cm³/mol. The van der Waals surface area contributed by atoms with Crippen molar-refractivity contribution in [2.24, 2.45) is 0 Å². The van der Waals surface area contributed by atoms with Gasteiger partial charge in [0.15, 0.2) is 0 Å². The van der Waals surface area contributed by atoms with E-state index >= 15 is 0 Å². The van der Waals surface area contributed by atoms with Crippen LogP contribution in [0.2, 0.25) is 0 Å². The minimum Gasteiger partial charge on any atom is -0.343 e. The van der Waals surface area contributed by atoms with Gasteiger partial charge < -0.3 is 4.90 Å². The van der Waals surface area contributed by atoms with Gasteiger partial charge in [0.2, 0.25) is 6.41 Å². The Hall–Kier alpha value is -1.42. The molecule has 0 spiro atoms. The summed E-state index contributed by atoms with van der Waals surface area (Å²) in [6, 6.07) is 6.67. The van der Waals surface area contributed by atoms with Crippen LogP contribution in [-0.2, 0) is 11.3 Å². The first-order valence-electron chi connectivity index (χ1n) is 5.44. The maximum Gasteiger partial charge on any atom is 0.209 e. The SMILES string of the molecule is O=CN1CCN(Cc2cccc(F)c2)CC1. The van der Waals surface area contributed by atoms with Crippen LogP contribution in [-0.4, -0.2) is 42.4 Å². The average Bonchev–Trinajstić information content (AvgIpc) is 2.30. The van der Waals surface area contributed by atoms with Crippen molar-refractivity contribution in [3.8, 4) is 0 Å². The average molecular weight is 222 g/mol.